The largest absolute Gasteiger partial charge is 0.477 e. The van der Waals surface area contributed by atoms with Gasteiger partial charge in [-0.05, 0) is 22.9 Å². The molecule has 2 heterocycles. The van der Waals surface area contributed by atoms with Crippen molar-refractivity contribution in [3.8, 4) is 0 Å². The molecule has 2 aromatic heterocycles. The van der Waals surface area contributed by atoms with Crippen LogP contribution in [-0.2, 0) is 0 Å². The first-order chi connectivity index (χ1) is 7.54. The maximum atomic E-state index is 11.1. The minimum atomic E-state index is -1.01. The highest BCUT2D eigenvalue weighted by atomic mass is 79.9. The molecule has 0 unspecified atom stereocenters. The Hall–Kier alpha value is -1.63. The Morgan fingerprint density at radius 3 is 2.81 bits per heavy atom. The van der Waals surface area contributed by atoms with Crippen LogP contribution in [0.5, 0.6) is 0 Å². The number of nitrogens with zero attached hydrogens (tertiary/aromatic N) is 3. The molecule has 0 aliphatic carbocycles. The van der Waals surface area contributed by atoms with E-state index in [1.54, 1.807) is 20.2 Å². The highest BCUT2D eigenvalue weighted by molar-refractivity contribution is 9.10. The molecule has 0 aliphatic rings. The van der Waals surface area contributed by atoms with Crippen LogP contribution in [-0.4, -0.2) is 32.5 Å². The van der Waals surface area contributed by atoms with Gasteiger partial charge in [-0.3, -0.25) is 4.40 Å². The number of anilines is 1. The smallest absolute Gasteiger partial charge is 0.354 e. The number of rotatable bonds is 2. The summed E-state index contributed by atoms with van der Waals surface area (Å²) in [6.07, 6.45) is 1.58. The molecule has 7 heteroatoms. The number of hydrogen-bond donors (Lipinski definition) is 2. The average Bonchev–Trinajstić information content (AvgIpc) is 2.52. The normalized spacial score (nSPS) is 10.7. The van der Waals surface area contributed by atoms with E-state index in [2.05, 4.69) is 31.2 Å². The van der Waals surface area contributed by atoms with Crippen molar-refractivity contribution in [2.45, 2.75) is 6.92 Å². The van der Waals surface area contributed by atoms with Gasteiger partial charge in [0.1, 0.15) is 4.60 Å². The van der Waals surface area contributed by atoms with Crippen molar-refractivity contribution in [2.24, 2.45) is 0 Å². The zero-order valence-electron chi connectivity index (χ0n) is 8.65. The van der Waals surface area contributed by atoms with Gasteiger partial charge < -0.3 is 10.4 Å². The number of carbonyl (C=O) groups is 1. The first kappa shape index (κ1) is 10.9. The van der Waals surface area contributed by atoms with Crippen molar-refractivity contribution >= 4 is 33.4 Å². The van der Waals surface area contributed by atoms with Gasteiger partial charge >= 0.3 is 5.97 Å². The number of imidazole rings is 1. The van der Waals surface area contributed by atoms with Crippen molar-refractivity contribution in [1.29, 1.82) is 0 Å². The van der Waals surface area contributed by atoms with Gasteiger partial charge in [-0.15, -0.1) is 0 Å². The summed E-state index contributed by atoms with van der Waals surface area (Å²) in [5.41, 5.74) is 1.11. The first-order valence-corrected chi connectivity index (χ1v) is 5.30. The summed E-state index contributed by atoms with van der Waals surface area (Å²) < 4.78 is 2.05. The van der Waals surface area contributed by atoms with Crippen LogP contribution in [0.4, 0.5) is 5.82 Å². The van der Waals surface area contributed by atoms with Crippen molar-refractivity contribution in [3.63, 3.8) is 0 Å². The molecule has 0 aromatic carbocycles. The van der Waals surface area contributed by atoms with E-state index < -0.39 is 5.97 Å². The van der Waals surface area contributed by atoms with Gasteiger partial charge in [-0.2, -0.15) is 0 Å². The summed E-state index contributed by atoms with van der Waals surface area (Å²) in [6, 6.07) is 0. The lowest BCUT2D eigenvalue weighted by atomic mass is 10.3. The van der Waals surface area contributed by atoms with E-state index in [-0.39, 0.29) is 5.69 Å². The number of aromatic carboxylic acids is 1. The third-order valence-electron chi connectivity index (χ3n) is 2.19. The Balaban J connectivity index is 2.89. The minimum absolute atomic E-state index is 0.148. The highest BCUT2D eigenvalue weighted by Crippen LogP contribution is 2.21. The number of nitrogens with one attached hydrogen (secondary N) is 1. The zero-order valence-corrected chi connectivity index (χ0v) is 10.2. The molecular weight excluding hydrogens is 276 g/mol. The fourth-order valence-corrected chi connectivity index (χ4v) is 1.94. The summed E-state index contributed by atoms with van der Waals surface area (Å²) in [5, 5.41) is 12.0. The predicted molar refractivity (Wildman–Crippen MR) is 61.9 cm³/mol. The average molecular weight is 285 g/mol. The molecule has 0 spiro atoms. The van der Waals surface area contributed by atoms with E-state index >= 15 is 0 Å². The predicted octanol–water partition coefficient (Wildman–Crippen LogP) is 1.54. The van der Waals surface area contributed by atoms with Crippen LogP contribution in [0.1, 0.15) is 16.2 Å². The molecule has 0 aliphatic heterocycles. The lowest BCUT2D eigenvalue weighted by molar-refractivity contribution is 0.0688. The summed E-state index contributed by atoms with van der Waals surface area (Å²) in [5.74, 6) is -0.477. The Bertz CT molecular complexity index is 578. The second kappa shape index (κ2) is 3.75. The number of halogens is 1. The quantitative estimate of drug-likeness (QED) is 0.875. The van der Waals surface area contributed by atoms with Crippen LogP contribution < -0.4 is 5.32 Å². The van der Waals surface area contributed by atoms with E-state index in [1.807, 2.05) is 0 Å². The lowest BCUT2D eigenvalue weighted by Gasteiger charge is -2.03. The fraction of sp³-hybridized carbons (Fsp3) is 0.222. The third kappa shape index (κ3) is 1.53. The number of aryl methyl sites for hydroxylation is 1. The van der Waals surface area contributed by atoms with Gasteiger partial charge in [0.2, 0.25) is 0 Å². The summed E-state index contributed by atoms with van der Waals surface area (Å²) in [6.45, 7) is 1.66. The number of fused-ring (bicyclic) bond motifs is 1. The van der Waals surface area contributed by atoms with Crippen LogP contribution in [0, 0.1) is 6.92 Å². The van der Waals surface area contributed by atoms with E-state index in [0.29, 0.717) is 21.8 Å². The summed E-state index contributed by atoms with van der Waals surface area (Å²) in [4.78, 5) is 19.4. The van der Waals surface area contributed by atoms with Crippen LogP contribution in [0.3, 0.4) is 0 Å². The molecule has 0 amide bonds. The molecule has 0 saturated carbocycles. The molecule has 84 valence electrons. The zero-order chi connectivity index (χ0) is 11.9. The summed E-state index contributed by atoms with van der Waals surface area (Å²) >= 11 is 3.22. The fourth-order valence-electron chi connectivity index (χ4n) is 1.56. The molecule has 6 nitrogen and oxygen atoms in total. The van der Waals surface area contributed by atoms with Crippen LogP contribution in [0.25, 0.3) is 5.65 Å². The van der Waals surface area contributed by atoms with E-state index in [1.165, 1.54) is 4.40 Å². The van der Waals surface area contributed by atoms with Gasteiger partial charge in [0.05, 0.1) is 5.69 Å². The molecule has 2 N–H and O–H groups in total. The number of aromatic nitrogens is 3. The first-order valence-electron chi connectivity index (χ1n) is 4.51. The van der Waals surface area contributed by atoms with Gasteiger partial charge in [0, 0.05) is 13.2 Å². The second-order valence-corrected chi connectivity index (χ2v) is 4.02. The highest BCUT2D eigenvalue weighted by Gasteiger charge is 2.18. The van der Waals surface area contributed by atoms with Gasteiger partial charge in [0.15, 0.2) is 17.2 Å². The topological polar surface area (TPSA) is 79.5 Å². The molecule has 0 bridgehead atoms. The molecule has 0 atom stereocenters. The third-order valence-corrected chi connectivity index (χ3v) is 2.57. The van der Waals surface area contributed by atoms with Crippen LogP contribution in [0.2, 0.25) is 0 Å². The number of carboxylic acid groups (broad SMARTS) is 1. The number of carboxylic acids is 1. The minimum Gasteiger partial charge on any atom is -0.477 e. The molecule has 0 radical (unpaired) electrons. The van der Waals surface area contributed by atoms with Crippen LogP contribution in [0.15, 0.2) is 10.8 Å². The second-order valence-electron chi connectivity index (χ2n) is 3.21. The van der Waals surface area contributed by atoms with Crippen molar-refractivity contribution < 1.29 is 9.90 Å². The Morgan fingerprint density at radius 2 is 2.25 bits per heavy atom. The SMILES string of the molecule is CNc1nc(Br)cn2c(C(=O)O)c(C)nc12. The summed E-state index contributed by atoms with van der Waals surface area (Å²) in [7, 11) is 1.71. The molecular formula is C9H9BrN4O2. The van der Waals surface area contributed by atoms with Gasteiger partial charge in [-0.25, -0.2) is 14.8 Å². The molecule has 2 rings (SSSR count). The van der Waals surface area contributed by atoms with E-state index in [0.717, 1.165) is 0 Å². The number of hydrogen-bond acceptors (Lipinski definition) is 4. The van der Waals surface area contributed by atoms with E-state index in [4.69, 9.17) is 5.11 Å². The maximum Gasteiger partial charge on any atom is 0.354 e. The lowest BCUT2D eigenvalue weighted by Crippen LogP contribution is -2.05. The van der Waals surface area contributed by atoms with Gasteiger partial charge in [0.25, 0.3) is 0 Å². The van der Waals surface area contributed by atoms with Crippen molar-refractivity contribution in [2.75, 3.05) is 12.4 Å². The molecule has 2 aromatic rings. The van der Waals surface area contributed by atoms with Crippen LogP contribution >= 0.6 is 15.9 Å². The monoisotopic (exact) mass is 284 g/mol. The Kier molecular flexibility index (Phi) is 2.55. The molecule has 0 fully saturated rings. The molecule has 16 heavy (non-hydrogen) atoms. The van der Waals surface area contributed by atoms with Gasteiger partial charge in [-0.1, -0.05) is 0 Å². The standard InChI is InChI=1S/C9H9BrN4O2/c1-4-6(9(15)16)14-3-5(10)13-7(11-2)8(14)12-4/h3H,1-2H3,(H,11,13)(H,15,16). The van der Waals surface area contributed by atoms with E-state index in [9.17, 15) is 4.79 Å². The Labute approximate surface area is 99.5 Å². The Morgan fingerprint density at radius 1 is 1.56 bits per heavy atom. The molecule has 0 saturated heterocycles. The van der Waals surface area contributed by atoms with Crippen molar-refractivity contribution in [3.05, 3.63) is 22.2 Å². The van der Waals surface area contributed by atoms with Crippen molar-refractivity contribution in [1.82, 2.24) is 14.4 Å². The maximum absolute atomic E-state index is 11.1.